The molecular weight excluding hydrogens is 237 g/mol. The van der Waals surface area contributed by atoms with Gasteiger partial charge in [-0.15, -0.1) is 0 Å². The first-order valence-electron chi connectivity index (χ1n) is 7.29. The van der Waals surface area contributed by atoms with Crippen LogP contribution in [-0.2, 0) is 6.42 Å². The minimum Gasteiger partial charge on any atom is -0.316 e. The molecule has 0 aliphatic heterocycles. The lowest BCUT2D eigenvalue weighted by atomic mass is 9.74. The fraction of sp³-hybridized carbons (Fsp3) is 0.647. The van der Waals surface area contributed by atoms with Crippen molar-refractivity contribution in [3.8, 4) is 0 Å². The molecule has 1 rings (SSSR count). The standard InChI is InChI=1S/C17H28FN/c1-13(2)11-19-12-17(5,14(3)4)10-15-8-6-7-9-16(15)18/h6-9,13-14,19H,10-12H2,1-5H3. The zero-order valence-corrected chi connectivity index (χ0v) is 13.0. The van der Waals surface area contributed by atoms with Crippen LogP contribution in [0.4, 0.5) is 4.39 Å². The molecular formula is C17H28FN. The van der Waals surface area contributed by atoms with Crippen LogP contribution in [0.2, 0.25) is 0 Å². The zero-order chi connectivity index (χ0) is 14.5. The molecule has 0 saturated heterocycles. The summed E-state index contributed by atoms with van der Waals surface area (Å²) >= 11 is 0. The van der Waals surface area contributed by atoms with Crippen LogP contribution in [0.5, 0.6) is 0 Å². The van der Waals surface area contributed by atoms with E-state index >= 15 is 0 Å². The second-order valence-electron chi connectivity index (χ2n) is 6.60. The van der Waals surface area contributed by atoms with Gasteiger partial charge >= 0.3 is 0 Å². The smallest absolute Gasteiger partial charge is 0.126 e. The van der Waals surface area contributed by atoms with Crippen molar-refractivity contribution in [1.82, 2.24) is 5.32 Å². The minimum atomic E-state index is -0.0850. The third kappa shape index (κ3) is 4.94. The average Bonchev–Trinajstić information content (AvgIpc) is 2.31. The maximum atomic E-state index is 13.8. The summed E-state index contributed by atoms with van der Waals surface area (Å²) in [4.78, 5) is 0. The fourth-order valence-electron chi connectivity index (χ4n) is 2.19. The van der Waals surface area contributed by atoms with E-state index in [9.17, 15) is 4.39 Å². The van der Waals surface area contributed by atoms with Crippen LogP contribution >= 0.6 is 0 Å². The molecule has 1 aromatic carbocycles. The number of hydrogen-bond donors (Lipinski definition) is 1. The number of rotatable bonds is 7. The van der Waals surface area contributed by atoms with Crippen LogP contribution in [0.3, 0.4) is 0 Å². The van der Waals surface area contributed by atoms with Gasteiger partial charge in [0.2, 0.25) is 0 Å². The first kappa shape index (κ1) is 16.2. The van der Waals surface area contributed by atoms with Crippen molar-refractivity contribution in [2.75, 3.05) is 13.1 Å². The van der Waals surface area contributed by atoms with Gasteiger partial charge in [0.05, 0.1) is 0 Å². The van der Waals surface area contributed by atoms with Crippen LogP contribution in [0.1, 0.15) is 40.2 Å². The van der Waals surface area contributed by atoms with Gasteiger partial charge in [-0.05, 0) is 41.8 Å². The second kappa shape index (κ2) is 7.04. The van der Waals surface area contributed by atoms with E-state index in [0.29, 0.717) is 11.8 Å². The van der Waals surface area contributed by atoms with E-state index in [1.165, 1.54) is 0 Å². The third-order valence-electron chi connectivity index (χ3n) is 4.03. The Morgan fingerprint density at radius 1 is 1.16 bits per heavy atom. The van der Waals surface area contributed by atoms with Gasteiger partial charge in [-0.1, -0.05) is 52.8 Å². The molecule has 0 fully saturated rings. The highest BCUT2D eigenvalue weighted by Crippen LogP contribution is 2.31. The summed E-state index contributed by atoms with van der Waals surface area (Å²) in [6.45, 7) is 13.0. The van der Waals surface area contributed by atoms with Crippen molar-refractivity contribution in [3.63, 3.8) is 0 Å². The van der Waals surface area contributed by atoms with Crippen LogP contribution in [0.15, 0.2) is 24.3 Å². The van der Waals surface area contributed by atoms with Crippen LogP contribution < -0.4 is 5.32 Å². The molecule has 1 aromatic rings. The fourth-order valence-corrected chi connectivity index (χ4v) is 2.19. The van der Waals surface area contributed by atoms with E-state index in [2.05, 4.69) is 39.9 Å². The molecule has 0 heterocycles. The molecule has 0 spiro atoms. The Hall–Kier alpha value is -0.890. The minimum absolute atomic E-state index is 0.0804. The quantitative estimate of drug-likeness (QED) is 0.776. The van der Waals surface area contributed by atoms with Crippen LogP contribution in [0, 0.1) is 23.1 Å². The lowest BCUT2D eigenvalue weighted by Gasteiger charge is -2.35. The molecule has 19 heavy (non-hydrogen) atoms. The molecule has 0 amide bonds. The van der Waals surface area contributed by atoms with E-state index in [0.717, 1.165) is 25.1 Å². The summed E-state index contributed by atoms with van der Waals surface area (Å²) in [5.41, 5.74) is 0.905. The van der Waals surface area contributed by atoms with Crippen LogP contribution in [-0.4, -0.2) is 13.1 Å². The van der Waals surface area contributed by atoms with E-state index < -0.39 is 0 Å². The molecule has 1 N–H and O–H groups in total. The van der Waals surface area contributed by atoms with E-state index in [4.69, 9.17) is 0 Å². The summed E-state index contributed by atoms with van der Waals surface area (Å²) in [7, 11) is 0. The Balaban J connectivity index is 2.74. The van der Waals surface area contributed by atoms with Crippen molar-refractivity contribution in [2.45, 2.75) is 41.0 Å². The van der Waals surface area contributed by atoms with Crippen molar-refractivity contribution >= 4 is 0 Å². The van der Waals surface area contributed by atoms with Gasteiger partial charge in [0.1, 0.15) is 5.82 Å². The van der Waals surface area contributed by atoms with Crippen molar-refractivity contribution in [1.29, 1.82) is 0 Å². The molecule has 0 aliphatic rings. The normalized spacial score (nSPS) is 14.9. The number of hydrogen-bond acceptors (Lipinski definition) is 1. The summed E-state index contributed by atoms with van der Waals surface area (Å²) < 4.78 is 13.8. The summed E-state index contributed by atoms with van der Waals surface area (Å²) in [5.74, 6) is 1.06. The van der Waals surface area contributed by atoms with E-state index in [1.54, 1.807) is 12.1 Å². The molecule has 0 saturated carbocycles. The SMILES string of the molecule is CC(C)CNCC(C)(Cc1ccccc1F)C(C)C. The van der Waals surface area contributed by atoms with Gasteiger partial charge in [-0.2, -0.15) is 0 Å². The summed E-state index contributed by atoms with van der Waals surface area (Å²) in [6, 6.07) is 7.12. The maximum absolute atomic E-state index is 13.8. The lowest BCUT2D eigenvalue weighted by Crippen LogP contribution is -2.39. The molecule has 0 bridgehead atoms. The predicted molar refractivity (Wildman–Crippen MR) is 80.8 cm³/mol. The van der Waals surface area contributed by atoms with Crippen LogP contribution in [0.25, 0.3) is 0 Å². The third-order valence-corrected chi connectivity index (χ3v) is 4.03. The average molecular weight is 265 g/mol. The topological polar surface area (TPSA) is 12.0 Å². The van der Waals surface area contributed by atoms with E-state index in [1.807, 2.05) is 12.1 Å². The number of nitrogens with one attached hydrogen (secondary N) is 1. The Morgan fingerprint density at radius 2 is 1.79 bits per heavy atom. The Morgan fingerprint density at radius 3 is 2.32 bits per heavy atom. The van der Waals surface area contributed by atoms with Crippen molar-refractivity contribution < 1.29 is 4.39 Å². The molecule has 1 unspecified atom stereocenters. The molecule has 0 aromatic heterocycles. The summed E-state index contributed by atoms with van der Waals surface area (Å²) in [6.07, 6.45) is 0.780. The number of halogens is 1. The van der Waals surface area contributed by atoms with Gasteiger partial charge in [0, 0.05) is 6.54 Å². The monoisotopic (exact) mass is 265 g/mol. The highest BCUT2D eigenvalue weighted by molar-refractivity contribution is 5.19. The Labute approximate surface area is 117 Å². The van der Waals surface area contributed by atoms with Gasteiger partial charge in [-0.3, -0.25) is 0 Å². The Kier molecular flexibility index (Phi) is 5.99. The highest BCUT2D eigenvalue weighted by Gasteiger charge is 2.29. The molecule has 1 atom stereocenters. The molecule has 0 radical (unpaired) electrons. The van der Waals surface area contributed by atoms with Gasteiger partial charge in [0.15, 0.2) is 0 Å². The molecule has 108 valence electrons. The first-order valence-corrected chi connectivity index (χ1v) is 7.29. The second-order valence-corrected chi connectivity index (χ2v) is 6.60. The molecule has 1 nitrogen and oxygen atoms in total. The predicted octanol–water partition coefficient (Wildman–Crippen LogP) is 4.28. The molecule has 0 aliphatic carbocycles. The molecule has 2 heteroatoms. The van der Waals surface area contributed by atoms with Gasteiger partial charge in [0.25, 0.3) is 0 Å². The maximum Gasteiger partial charge on any atom is 0.126 e. The summed E-state index contributed by atoms with van der Waals surface area (Å²) in [5, 5.41) is 3.52. The van der Waals surface area contributed by atoms with Gasteiger partial charge in [-0.25, -0.2) is 4.39 Å². The van der Waals surface area contributed by atoms with Crippen molar-refractivity contribution in [3.05, 3.63) is 35.6 Å². The zero-order valence-electron chi connectivity index (χ0n) is 13.0. The van der Waals surface area contributed by atoms with Crippen molar-refractivity contribution in [2.24, 2.45) is 17.3 Å². The van der Waals surface area contributed by atoms with E-state index in [-0.39, 0.29) is 11.2 Å². The largest absolute Gasteiger partial charge is 0.316 e. The first-order chi connectivity index (χ1) is 8.85. The lowest BCUT2D eigenvalue weighted by molar-refractivity contribution is 0.203. The highest BCUT2D eigenvalue weighted by atomic mass is 19.1. The number of benzene rings is 1. The van der Waals surface area contributed by atoms with Gasteiger partial charge < -0.3 is 5.32 Å². The Bertz CT molecular complexity index is 387.